The van der Waals surface area contributed by atoms with Crippen LogP contribution in [0.1, 0.15) is 27.3 Å². The van der Waals surface area contributed by atoms with Gasteiger partial charge in [-0.3, -0.25) is 4.79 Å². The molecule has 166 valence electrons. The van der Waals surface area contributed by atoms with Crippen molar-refractivity contribution in [2.24, 2.45) is 5.10 Å². The molecule has 0 aliphatic rings. The van der Waals surface area contributed by atoms with Crippen LogP contribution in [-0.4, -0.2) is 26.5 Å². The van der Waals surface area contributed by atoms with Crippen LogP contribution in [-0.2, 0) is 13.0 Å². The number of aromatic nitrogens is 3. The van der Waals surface area contributed by atoms with E-state index in [-0.39, 0.29) is 12.3 Å². The lowest BCUT2D eigenvalue weighted by Gasteiger charge is -2.02. The molecule has 4 rings (SSSR count). The monoisotopic (exact) mass is 498 g/mol. The minimum atomic E-state index is -0.537. The zero-order chi connectivity index (χ0) is 23.4. The van der Waals surface area contributed by atoms with Gasteiger partial charge in [0, 0.05) is 27.6 Å². The highest BCUT2D eigenvalue weighted by atomic mass is 35.5. The van der Waals surface area contributed by atoms with Crippen LogP contribution in [0.15, 0.2) is 82.7 Å². The number of carbonyl (C=O) groups excluding carboxylic acids is 1. The number of carbonyl (C=O) groups is 1. The maximum absolute atomic E-state index is 13.1. The zero-order valence-corrected chi connectivity index (χ0v) is 19.4. The lowest BCUT2D eigenvalue weighted by Crippen LogP contribution is -2.26. The first-order chi connectivity index (χ1) is 15.9. The van der Waals surface area contributed by atoms with E-state index in [2.05, 4.69) is 10.2 Å². The Balaban J connectivity index is 1.70. The summed E-state index contributed by atoms with van der Waals surface area (Å²) < 4.78 is 2.28. The van der Waals surface area contributed by atoms with Gasteiger partial charge in [-0.2, -0.15) is 14.9 Å². The van der Waals surface area contributed by atoms with E-state index in [1.165, 1.54) is 6.21 Å². The van der Waals surface area contributed by atoms with Gasteiger partial charge < -0.3 is 0 Å². The largest absolute Gasteiger partial charge is 0.367 e. The molecule has 0 atom stereocenters. The van der Waals surface area contributed by atoms with Crippen molar-refractivity contribution in [3.05, 3.63) is 121 Å². The molecule has 0 N–H and O–H groups in total. The van der Waals surface area contributed by atoms with Gasteiger partial charge in [0.25, 0.3) is 0 Å². The van der Waals surface area contributed by atoms with Crippen molar-refractivity contribution in [1.29, 1.82) is 0 Å². The summed E-state index contributed by atoms with van der Waals surface area (Å²) in [5.74, 6) is 0.134. The third-order valence-electron chi connectivity index (χ3n) is 4.82. The van der Waals surface area contributed by atoms with Crippen LogP contribution in [0, 0.1) is 0 Å². The summed E-state index contributed by atoms with van der Waals surface area (Å²) in [5, 5.41) is 10.2. The number of hydrogen-bond acceptors (Lipinski definition) is 4. The van der Waals surface area contributed by atoms with Crippen LogP contribution < -0.4 is 5.69 Å². The second-order valence-corrected chi connectivity index (χ2v) is 8.45. The summed E-state index contributed by atoms with van der Waals surface area (Å²) in [5.41, 5.74) is 1.42. The van der Waals surface area contributed by atoms with Crippen molar-refractivity contribution in [2.75, 3.05) is 0 Å². The Morgan fingerprint density at radius 1 is 0.939 bits per heavy atom. The lowest BCUT2D eigenvalue weighted by molar-refractivity contribution is 0.0966. The summed E-state index contributed by atoms with van der Waals surface area (Å²) >= 11 is 18.1. The molecule has 0 aliphatic heterocycles. The molecule has 4 aromatic rings. The molecule has 3 aromatic carbocycles. The number of Topliss-reactive ketones (excluding diaryl/α,β-unsaturated/α-hetero) is 1. The Kier molecular flexibility index (Phi) is 7.08. The molecule has 33 heavy (non-hydrogen) atoms. The highest BCUT2D eigenvalue weighted by Gasteiger charge is 2.17. The van der Waals surface area contributed by atoms with Crippen molar-refractivity contribution < 1.29 is 4.79 Å². The Morgan fingerprint density at radius 3 is 2.33 bits per heavy atom. The number of halogens is 3. The van der Waals surface area contributed by atoms with Crippen LogP contribution in [0.3, 0.4) is 0 Å². The average Bonchev–Trinajstić information content (AvgIpc) is 3.09. The SMILES string of the molecule is O=C(Cn1nc(Cc2ccc(Cl)cc2)n(N=Cc2ccc(Cl)cc2Cl)c1=O)c1ccccc1. The smallest absolute Gasteiger partial charge is 0.292 e. The van der Waals surface area contributed by atoms with Gasteiger partial charge in [0.2, 0.25) is 0 Å². The molecule has 1 aromatic heterocycles. The fourth-order valence-electron chi connectivity index (χ4n) is 3.14. The predicted octanol–water partition coefficient (Wildman–Crippen LogP) is 5.36. The fourth-order valence-corrected chi connectivity index (χ4v) is 3.72. The van der Waals surface area contributed by atoms with Crippen LogP contribution in [0.4, 0.5) is 0 Å². The van der Waals surface area contributed by atoms with Gasteiger partial charge in [-0.05, 0) is 29.8 Å². The number of hydrogen-bond donors (Lipinski definition) is 0. The van der Waals surface area contributed by atoms with Crippen molar-refractivity contribution in [2.45, 2.75) is 13.0 Å². The molecule has 0 amide bonds. The normalized spacial score (nSPS) is 11.2. The van der Waals surface area contributed by atoms with Crippen molar-refractivity contribution in [1.82, 2.24) is 14.5 Å². The molecule has 0 bridgehead atoms. The maximum Gasteiger partial charge on any atom is 0.367 e. The van der Waals surface area contributed by atoms with Crippen molar-refractivity contribution in [3.8, 4) is 0 Å². The number of rotatable bonds is 7. The van der Waals surface area contributed by atoms with Crippen molar-refractivity contribution in [3.63, 3.8) is 0 Å². The van der Waals surface area contributed by atoms with Crippen LogP contribution in [0.25, 0.3) is 0 Å². The second kappa shape index (κ2) is 10.2. The molecule has 0 radical (unpaired) electrons. The Morgan fingerprint density at radius 2 is 1.64 bits per heavy atom. The van der Waals surface area contributed by atoms with Gasteiger partial charge in [0.05, 0.1) is 11.2 Å². The van der Waals surface area contributed by atoms with E-state index >= 15 is 0 Å². The van der Waals surface area contributed by atoms with E-state index < -0.39 is 5.69 Å². The first kappa shape index (κ1) is 23.0. The zero-order valence-electron chi connectivity index (χ0n) is 17.2. The Bertz CT molecular complexity index is 1380. The first-order valence-corrected chi connectivity index (χ1v) is 11.0. The molecule has 0 unspecified atom stereocenters. The number of ketones is 1. The third-order valence-corrected chi connectivity index (χ3v) is 5.64. The third kappa shape index (κ3) is 5.60. The van der Waals surface area contributed by atoms with Crippen LogP contribution >= 0.6 is 34.8 Å². The summed E-state index contributed by atoms with van der Waals surface area (Å²) in [6, 6.07) is 20.9. The van der Waals surface area contributed by atoms with E-state index in [9.17, 15) is 9.59 Å². The fraction of sp³-hybridized carbons (Fsp3) is 0.0833. The van der Waals surface area contributed by atoms with E-state index in [0.717, 1.165) is 14.9 Å². The summed E-state index contributed by atoms with van der Waals surface area (Å²) in [6.45, 7) is -0.208. The quantitative estimate of drug-likeness (QED) is 0.254. The van der Waals surface area contributed by atoms with Gasteiger partial charge in [0.1, 0.15) is 6.54 Å². The van der Waals surface area contributed by atoms with Crippen LogP contribution in [0.5, 0.6) is 0 Å². The summed E-state index contributed by atoms with van der Waals surface area (Å²) in [4.78, 5) is 25.7. The molecule has 6 nitrogen and oxygen atoms in total. The summed E-state index contributed by atoms with van der Waals surface area (Å²) in [7, 11) is 0. The molecule has 0 saturated heterocycles. The predicted molar refractivity (Wildman–Crippen MR) is 131 cm³/mol. The highest BCUT2D eigenvalue weighted by molar-refractivity contribution is 6.36. The molecular weight excluding hydrogens is 483 g/mol. The minimum Gasteiger partial charge on any atom is -0.292 e. The molecule has 1 heterocycles. The van der Waals surface area contributed by atoms with Crippen molar-refractivity contribution >= 4 is 46.8 Å². The van der Waals surface area contributed by atoms with Gasteiger partial charge in [0.15, 0.2) is 11.6 Å². The number of benzene rings is 3. The van der Waals surface area contributed by atoms with Gasteiger partial charge in [-0.25, -0.2) is 9.48 Å². The Hall–Kier alpha value is -3.19. The molecular formula is C24H17Cl3N4O2. The van der Waals surface area contributed by atoms with E-state index in [1.807, 2.05) is 18.2 Å². The van der Waals surface area contributed by atoms with E-state index in [0.29, 0.717) is 38.4 Å². The van der Waals surface area contributed by atoms with Gasteiger partial charge in [-0.1, -0.05) is 83.3 Å². The molecule has 0 fully saturated rings. The average molecular weight is 500 g/mol. The first-order valence-electron chi connectivity index (χ1n) is 9.91. The maximum atomic E-state index is 13.1. The molecule has 0 saturated carbocycles. The van der Waals surface area contributed by atoms with E-state index in [4.69, 9.17) is 34.8 Å². The van der Waals surface area contributed by atoms with Gasteiger partial charge >= 0.3 is 5.69 Å². The number of nitrogens with zero attached hydrogens (tertiary/aromatic N) is 4. The minimum absolute atomic E-state index is 0.208. The standard InChI is InChI=1S/C24H17Cl3N4O2/c25-19-9-6-16(7-10-19)12-23-29-30(15-22(32)17-4-2-1-3-5-17)24(33)31(23)28-14-18-8-11-20(26)13-21(18)27/h1-11,13-14H,12,15H2. The molecule has 0 spiro atoms. The summed E-state index contributed by atoms with van der Waals surface area (Å²) in [6.07, 6.45) is 1.76. The molecule has 9 heteroatoms. The van der Waals surface area contributed by atoms with Gasteiger partial charge in [-0.15, -0.1) is 0 Å². The molecule has 0 aliphatic carbocycles. The topological polar surface area (TPSA) is 69.2 Å². The van der Waals surface area contributed by atoms with Crippen LogP contribution in [0.2, 0.25) is 15.1 Å². The Labute approximate surface area is 204 Å². The highest BCUT2D eigenvalue weighted by Crippen LogP contribution is 2.19. The lowest BCUT2D eigenvalue weighted by atomic mass is 10.1. The van der Waals surface area contributed by atoms with E-state index in [1.54, 1.807) is 54.6 Å². The second-order valence-electron chi connectivity index (χ2n) is 7.17.